The lowest BCUT2D eigenvalue weighted by Gasteiger charge is -2.27. The Kier molecular flexibility index (Phi) is 6.81. The van der Waals surface area contributed by atoms with Crippen LogP contribution >= 0.6 is 0 Å². The van der Waals surface area contributed by atoms with E-state index < -0.39 is 0 Å². The van der Waals surface area contributed by atoms with Crippen LogP contribution in [-0.2, 0) is 11.3 Å². The van der Waals surface area contributed by atoms with E-state index in [-0.39, 0.29) is 12.0 Å². The zero-order valence-corrected chi connectivity index (χ0v) is 19.6. The van der Waals surface area contributed by atoms with Crippen molar-refractivity contribution in [3.63, 3.8) is 0 Å². The smallest absolute Gasteiger partial charge is 0.254 e. The van der Waals surface area contributed by atoms with E-state index in [2.05, 4.69) is 10.1 Å². The topological polar surface area (TPSA) is 68.0 Å². The molecule has 3 heterocycles. The van der Waals surface area contributed by atoms with Gasteiger partial charge in [-0.1, -0.05) is 41.6 Å². The third-order valence-corrected chi connectivity index (χ3v) is 6.61. The minimum absolute atomic E-state index is 0.0322. The largest absolute Gasteiger partial charge is 0.497 e. The molecule has 0 saturated carbocycles. The van der Waals surface area contributed by atoms with Crippen LogP contribution in [0.2, 0.25) is 0 Å². The van der Waals surface area contributed by atoms with E-state index in [1.54, 1.807) is 13.2 Å². The Hall–Kier alpha value is -3.32. The van der Waals surface area contributed by atoms with Crippen molar-refractivity contribution in [3.8, 4) is 17.0 Å². The summed E-state index contributed by atoms with van der Waals surface area (Å²) >= 11 is 0. The number of benzene rings is 2. The molecular weight excluding hydrogens is 430 g/mol. The fourth-order valence-corrected chi connectivity index (χ4v) is 4.82. The van der Waals surface area contributed by atoms with Crippen LogP contribution in [0.15, 0.2) is 59.1 Å². The van der Waals surface area contributed by atoms with Gasteiger partial charge in [0.25, 0.3) is 5.91 Å². The van der Waals surface area contributed by atoms with Gasteiger partial charge in [0.05, 0.1) is 25.3 Å². The summed E-state index contributed by atoms with van der Waals surface area (Å²) in [6, 6.07) is 17.4. The van der Waals surface area contributed by atoms with Crippen LogP contribution in [0, 0.1) is 0 Å². The maximum absolute atomic E-state index is 13.8. The summed E-state index contributed by atoms with van der Waals surface area (Å²) in [5.74, 6) is 1.38. The predicted molar refractivity (Wildman–Crippen MR) is 130 cm³/mol. The summed E-state index contributed by atoms with van der Waals surface area (Å²) in [7, 11) is 1.61. The highest BCUT2D eigenvalue weighted by Gasteiger charge is 2.30. The van der Waals surface area contributed by atoms with E-state index in [9.17, 15) is 4.79 Å². The number of anilines is 1. The van der Waals surface area contributed by atoms with E-state index in [0.29, 0.717) is 24.4 Å². The number of methoxy groups -OCH3 is 1. The Labute approximate surface area is 200 Å². The summed E-state index contributed by atoms with van der Waals surface area (Å²) in [6.45, 7) is 3.54. The van der Waals surface area contributed by atoms with E-state index in [4.69, 9.17) is 14.0 Å². The van der Waals surface area contributed by atoms with Gasteiger partial charge in [-0.25, -0.2) is 0 Å². The number of nitrogens with zero attached hydrogens (tertiary/aromatic N) is 3. The second-order valence-corrected chi connectivity index (χ2v) is 8.93. The van der Waals surface area contributed by atoms with E-state index in [0.717, 1.165) is 68.1 Å². The third kappa shape index (κ3) is 4.80. The Morgan fingerprint density at radius 1 is 1.12 bits per heavy atom. The lowest BCUT2D eigenvalue weighted by molar-refractivity contribution is 0.0507. The zero-order chi connectivity index (χ0) is 23.3. The van der Waals surface area contributed by atoms with Crippen molar-refractivity contribution in [2.24, 2.45) is 0 Å². The number of aromatic nitrogens is 1. The Bertz CT molecular complexity index is 1100. The average Bonchev–Trinajstić information content (AvgIpc) is 3.66. The van der Waals surface area contributed by atoms with Crippen molar-refractivity contribution in [2.75, 3.05) is 38.3 Å². The molecule has 2 saturated heterocycles. The van der Waals surface area contributed by atoms with Crippen LogP contribution in [0.25, 0.3) is 11.3 Å². The molecular formula is C27H31N3O4. The first-order valence-electron chi connectivity index (χ1n) is 12.1. The zero-order valence-electron chi connectivity index (χ0n) is 19.6. The van der Waals surface area contributed by atoms with Gasteiger partial charge in [0, 0.05) is 37.4 Å². The van der Waals surface area contributed by atoms with Crippen LogP contribution in [0.3, 0.4) is 0 Å². The second kappa shape index (κ2) is 10.3. The van der Waals surface area contributed by atoms with Gasteiger partial charge >= 0.3 is 0 Å². The molecule has 2 fully saturated rings. The first-order chi connectivity index (χ1) is 16.7. The van der Waals surface area contributed by atoms with Gasteiger partial charge < -0.3 is 23.8 Å². The van der Waals surface area contributed by atoms with Crippen molar-refractivity contribution in [2.45, 2.75) is 38.3 Å². The quantitative estimate of drug-likeness (QED) is 0.481. The molecule has 1 amide bonds. The summed E-state index contributed by atoms with van der Waals surface area (Å²) < 4.78 is 17.2. The molecule has 0 unspecified atom stereocenters. The predicted octanol–water partition coefficient (Wildman–Crippen LogP) is 4.77. The summed E-state index contributed by atoms with van der Waals surface area (Å²) in [5.41, 5.74) is 3.32. The molecule has 2 aromatic carbocycles. The van der Waals surface area contributed by atoms with Crippen molar-refractivity contribution in [3.05, 3.63) is 65.7 Å². The first-order valence-corrected chi connectivity index (χ1v) is 12.1. The van der Waals surface area contributed by atoms with Gasteiger partial charge in [-0.05, 0) is 43.9 Å². The first kappa shape index (κ1) is 22.5. The number of rotatable bonds is 8. The molecule has 0 N–H and O–H groups in total. The Morgan fingerprint density at radius 3 is 2.68 bits per heavy atom. The molecule has 7 nitrogen and oxygen atoms in total. The maximum atomic E-state index is 13.8. The summed E-state index contributed by atoms with van der Waals surface area (Å²) in [5, 5.41) is 4.47. The Balaban J connectivity index is 1.51. The number of carbonyl (C=O) groups is 1. The number of carbonyl (C=O) groups excluding carboxylic acids is 1. The minimum atomic E-state index is -0.0537. The standard InChI is InChI=1S/C27H31N3O4/c1-32-22-12-7-11-21(17-22)26(31)30(18-23-13-8-16-33-23)19-24-25(20-9-3-2-4-10-20)28-34-27(24)29-14-5-6-15-29/h2-4,7,9-12,17,23H,5-6,8,13-16,18-19H2,1H3/t23-/m0/s1. The molecule has 0 radical (unpaired) electrons. The minimum Gasteiger partial charge on any atom is -0.497 e. The van der Waals surface area contributed by atoms with Crippen LogP contribution in [0.4, 0.5) is 5.88 Å². The molecule has 3 aromatic rings. The van der Waals surface area contributed by atoms with Crippen LogP contribution in [0.5, 0.6) is 5.75 Å². The molecule has 2 aliphatic heterocycles. The molecule has 178 valence electrons. The van der Waals surface area contributed by atoms with Crippen LogP contribution < -0.4 is 9.64 Å². The van der Waals surface area contributed by atoms with Crippen molar-refractivity contribution in [1.82, 2.24) is 10.1 Å². The normalized spacial score (nSPS) is 17.8. The molecule has 0 aliphatic carbocycles. The summed E-state index contributed by atoms with van der Waals surface area (Å²) in [4.78, 5) is 17.9. The molecule has 34 heavy (non-hydrogen) atoms. The lowest BCUT2D eigenvalue weighted by atomic mass is 10.1. The fourth-order valence-electron chi connectivity index (χ4n) is 4.82. The highest BCUT2D eigenvalue weighted by Crippen LogP contribution is 2.34. The maximum Gasteiger partial charge on any atom is 0.254 e. The second-order valence-electron chi connectivity index (χ2n) is 8.93. The van der Waals surface area contributed by atoms with Gasteiger partial charge in [-0.3, -0.25) is 4.79 Å². The van der Waals surface area contributed by atoms with Crippen molar-refractivity contribution in [1.29, 1.82) is 0 Å². The fraction of sp³-hybridized carbons (Fsp3) is 0.407. The molecule has 1 atom stereocenters. The van der Waals surface area contributed by atoms with Gasteiger partial charge in [-0.15, -0.1) is 0 Å². The highest BCUT2D eigenvalue weighted by molar-refractivity contribution is 5.94. The van der Waals surface area contributed by atoms with Gasteiger partial charge in [-0.2, -0.15) is 0 Å². The average molecular weight is 462 g/mol. The lowest BCUT2D eigenvalue weighted by Crippen LogP contribution is -2.37. The molecule has 2 aliphatic rings. The van der Waals surface area contributed by atoms with Crippen LogP contribution in [-0.4, -0.2) is 55.4 Å². The van der Waals surface area contributed by atoms with Crippen molar-refractivity contribution < 1.29 is 18.8 Å². The SMILES string of the molecule is COc1cccc(C(=O)N(Cc2c(-c3ccccc3)noc2N2CCCC2)C[C@@H]2CCCO2)c1. The van der Waals surface area contributed by atoms with Crippen LogP contribution in [0.1, 0.15) is 41.6 Å². The number of ether oxygens (including phenoxy) is 2. The van der Waals surface area contributed by atoms with Gasteiger partial charge in [0.1, 0.15) is 11.4 Å². The van der Waals surface area contributed by atoms with E-state index in [1.165, 1.54) is 0 Å². The van der Waals surface area contributed by atoms with E-state index in [1.807, 2.05) is 53.4 Å². The Morgan fingerprint density at radius 2 is 1.94 bits per heavy atom. The molecule has 1 aromatic heterocycles. The number of hydrogen-bond acceptors (Lipinski definition) is 6. The molecule has 5 rings (SSSR count). The highest BCUT2D eigenvalue weighted by atomic mass is 16.5. The molecule has 0 spiro atoms. The molecule has 7 heteroatoms. The van der Waals surface area contributed by atoms with Crippen molar-refractivity contribution >= 4 is 11.8 Å². The molecule has 0 bridgehead atoms. The van der Waals surface area contributed by atoms with Gasteiger partial charge in [0.15, 0.2) is 0 Å². The number of hydrogen-bond donors (Lipinski definition) is 0. The summed E-state index contributed by atoms with van der Waals surface area (Å²) in [6.07, 6.45) is 4.26. The van der Waals surface area contributed by atoms with E-state index >= 15 is 0 Å². The van der Waals surface area contributed by atoms with Gasteiger partial charge in [0.2, 0.25) is 5.88 Å². The monoisotopic (exact) mass is 461 g/mol. The number of amides is 1. The third-order valence-electron chi connectivity index (χ3n) is 6.61.